The van der Waals surface area contributed by atoms with Gasteiger partial charge >= 0.3 is 5.97 Å². The number of hydrogen-bond donors (Lipinski definition) is 1. The molecule has 2 heterocycles. The van der Waals surface area contributed by atoms with E-state index in [-0.39, 0.29) is 5.56 Å². The van der Waals surface area contributed by atoms with Crippen molar-refractivity contribution in [3.63, 3.8) is 0 Å². The third kappa shape index (κ3) is 1.15. The highest BCUT2D eigenvalue weighted by molar-refractivity contribution is 5.92. The molecule has 0 spiro atoms. The zero-order chi connectivity index (χ0) is 10.1. The molecule has 0 fully saturated rings. The van der Waals surface area contributed by atoms with Gasteiger partial charge < -0.3 is 5.11 Å². The highest BCUT2D eigenvalue weighted by Gasteiger charge is 2.07. The van der Waals surface area contributed by atoms with E-state index in [2.05, 4.69) is 5.10 Å². The average molecular weight is 190 g/mol. The number of carboxylic acid groups (broad SMARTS) is 1. The number of carboxylic acids is 1. The summed E-state index contributed by atoms with van der Waals surface area (Å²) in [6.07, 6.45) is 3.55. The van der Waals surface area contributed by atoms with E-state index in [0.717, 1.165) is 0 Å². The van der Waals surface area contributed by atoms with Crippen LogP contribution in [0.15, 0.2) is 24.5 Å². The highest BCUT2D eigenvalue weighted by atomic mass is 16.4. The Morgan fingerprint density at radius 3 is 3.00 bits per heavy atom. The minimum Gasteiger partial charge on any atom is -0.478 e. The summed E-state index contributed by atoms with van der Waals surface area (Å²) in [6.45, 7) is 0. The molecule has 0 amide bonds. The summed E-state index contributed by atoms with van der Waals surface area (Å²) >= 11 is 0. The van der Waals surface area contributed by atoms with Crippen molar-refractivity contribution in [1.82, 2.24) is 9.61 Å². The average Bonchev–Trinajstić information content (AvgIpc) is 2.59. The fourth-order valence-electron chi connectivity index (χ4n) is 1.22. The van der Waals surface area contributed by atoms with Crippen LogP contribution in [-0.2, 0) is 0 Å². The number of hydrogen-bond acceptors (Lipinski definition) is 3. The quantitative estimate of drug-likeness (QED) is 0.712. The van der Waals surface area contributed by atoms with Crippen molar-refractivity contribution in [2.24, 2.45) is 0 Å². The van der Waals surface area contributed by atoms with Gasteiger partial charge in [0.25, 0.3) is 0 Å². The Kier molecular flexibility index (Phi) is 1.78. The predicted octanol–water partition coefficient (Wildman–Crippen LogP) is 0.845. The number of carbonyl (C=O) groups excluding carboxylic acids is 1. The van der Waals surface area contributed by atoms with Gasteiger partial charge in [0, 0.05) is 6.20 Å². The Labute approximate surface area is 78.6 Å². The van der Waals surface area contributed by atoms with Crippen LogP contribution in [0.2, 0.25) is 0 Å². The zero-order valence-electron chi connectivity index (χ0n) is 7.04. The van der Waals surface area contributed by atoms with Crippen LogP contribution < -0.4 is 0 Å². The smallest absolute Gasteiger partial charge is 0.335 e. The minimum absolute atomic E-state index is 0.140. The fraction of sp³-hybridized carbons (Fsp3) is 0. The maximum absolute atomic E-state index is 10.6. The number of nitrogens with zero attached hydrogens (tertiary/aromatic N) is 2. The lowest BCUT2D eigenvalue weighted by Gasteiger charge is -1.96. The Balaban J connectivity index is 2.73. The number of carbonyl (C=O) groups is 2. The normalized spacial score (nSPS) is 10.3. The van der Waals surface area contributed by atoms with Crippen LogP contribution in [0.5, 0.6) is 0 Å². The van der Waals surface area contributed by atoms with Crippen molar-refractivity contribution < 1.29 is 14.7 Å². The van der Waals surface area contributed by atoms with E-state index in [1.54, 1.807) is 0 Å². The van der Waals surface area contributed by atoms with E-state index in [0.29, 0.717) is 17.4 Å². The summed E-state index contributed by atoms with van der Waals surface area (Å²) in [5.74, 6) is -1.02. The molecule has 2 rings (SSSR count). The van der Waals surface area contributed by atoms with Crippen molar-refractivity contribution in [3.05, 3.63) is 35.7 Å². The second-order valence-corrected chi connectivity index (χ2v) is 2.77. The third-order valence-corrected chi connectivity index (χ3v) is 1.93. The maximum atomic E-state index is 10.6. The van der Waals surface area contributed by atoms with Gasteiger partial charge in [-0.1, -0.05) is 0 Å². The van der Waals surface area contributed by atoms with Gasteiger partial charge in [-0.15, -0.1) is 0 Å². The monoisotopic (exact) mass is 190 g/mol. The number of pyridine rings is 1. The Morgan fingerprint density at radius 1 is 1.57 bits per heavy atom. The van der Waals surface area contributed by atoms with E-state index in [1.807, 2.05) is 0 Å². The van der Waals surface area contributed by atoms with Crippen molar-refractivity contribution in [2.75, 3.05) is 0 Å². The van der Waals surface area contributed by atoms with Crippen LogP contribution in [0, 0.1) is 0 Å². The fourth-order valence-corrected chi connectivity index (χ4v) is 1.22. The summed E-state index contributed by atoms with van der Waals surface area (Å²) in [4.78, 5) is 21.2. The van der Waals surface area contributed by atoms with Gasteiger partial charge in [-0.05, 0) is 12.1 Å². The number of aldehydes is 1. The lowest BCUT2D eigenvalue weighted by Crippen LogP contribution is -1.98. The second-order valence-electron chi connectivity index (χ2n) is 2.77. The summed E-state index contributed by atoms with van der Waals surface area (Å²) in [6, 6.07) is 2.84. The third-order valence-electron chi connectivity index (χ3n) is 1.93. The molecule has 2 aromatic heterocycles. The lowest BCUT2D eigenvalue weighted by molar-refractivity contribution is 0.0696. The first-order valence-corrected chi connectivity index (χ1v) is 3.88. The molecule has 2 aromatic rings. The first-order valence-electron chi connectivity index (χ1n) is 3.88. The van der Waals surface area contributed by atoms with Gasteiger partial charge in [0.2, 0.25) is 0 Å². The molecule has 0 radical (unpaired) electrons. The molecule has 0 aromatic carbocycles. The molecule has 0 aliphatic rings. The molecule has 0 atom stereocenters. The van der Waals surface area contributed by atoms with E-state index < -0.39 is 5.97 Å². The molecule has 5 nitrogen and oxygen atoms in total. The van der Waals surface area contributed by atoms with Gasteiger partial charge in [0.1, 0.15) is 0 Å². The molecule has 1 N–H and O–H groups in total. The van der Waals surface area contributed by atoms with Crippen molar-refractivity contribution >= 4 is 17.8 Å². The molecule has 0 aliphatic carbocycles. The zero-order valence-corrected chi connectivity index (χ0v) is 7.04. The molecule has 0 aliphatic heterocycles. The van der Waals surface area contributed by atoms with Gasteiger partial charge in [-0.3, -0.25) is 4.79 Å². The lowest BCUT2D eigenvalue weighted by atomic mass is 10.2. The topological polar surface area (TPSA) is 71.7 Å². The molecule has 0 saturated heterocycles. The van der Waals surface area contributed by atoms with Crippen LogP contribution in [0.4, 0.5) is 0 Å². The van der Waals surface area contributed by atoms with E-state index in [4.69, 9.17) is 5.11 Å². The molecule has 5 heteroatoms. The molecule has 0 bridgehead atoms. The summed E-state index contributed by atoms with van der Waals surface area (Å²) in [7, 11) is 0. The molecule has 14 heavy (non-hydrogen) atoms. The van der Waals surface area contributed by atoms with Crippen LogP contribution in [0.1, 0.15) is 20.7 Å². The van der Waals surface area contributed by atoms with Gasteiger partial charge in [0.15, 0.2) is 6.29 Å². The minimum atomic E-state index is -1.02. The van der Waals surface area contributed by atoms with Crippen LogP contribution >= 0.6 is 0 Å². The van der Waals surface area contributed by atoms with E-state index in [9.17, 15) is 9.59 Å². The number of fused-ring (bicyclic) bond motifs is 1. The molecule has 70 valence electrons. The largest absolute Gasteiger partial charge is 0.478 e. The van der Waals surface area contributed by atoms with Gasteiger partial charge in [0.05, 0.1) is 22.8 Å². The standard InChI is InChI=1S/C9H6N2O3/c12-5-7-4-10-11-2-1-6(9(13)14)3-8(7)11/h1-5H,(H,13,14). The summed E-state index contributed by atoms with van der Waals surface area (Å²) in [5.41, 5.74) is 1.02. The molecular weight excluding hydrogens is 184 g/mol. The maximum Gasteiger partial charge on any atom is 0.335 e. The van der Waals surface area contributed by atoms with Crippen molar-refractivity contribution in [1.29, 1.82) is 0 Å². The first kappa shape index (κ1) is 8.43. The summed E-state index contributed by atoms with van der Waals surface area (Å²) in [5, 5.41) is 12.6. The molecule has 0 saturated carbocycles. The molecular formula is C9H6N2O3. The molecule has 0 unspecified atom stereocenters. The van der Waals surface area contributed by atoms with Crippen LogP contribution in [-0.4, -0.2) is 27.0 Å². The predicted molar refractivity (Wildman–Crippen MR) is 47.5 cm³/mol. The number of aromatic nitrogens is 2. The Bertz CT molecular complexity index is 516. The van der Waals surface area contributed by atoms with Crippen molar-refractivity contribution in [2.45, 2.75) is 0 Å². The number of aromatic carboxylic acids is 1. The van der Waals surface area contributed by atoms with Crippen LogP contribution in [0.25, 0.3) is 5.52 Å². The Morgan fingerprint density at radius 2 is 2.36 bits per heavy atom. The van der Waals surface area contributed by atoms with Gasteiger partial charge in [-0.2, -0.15) is 5.10 Å². The Hall–Kier alpha value is -2.17. The van der Waals surface area contributed by atoms with Gasteiger partial charge in [-0.25, -0.2) is 9.31 Å². The summed E-state index contributed by atoms with van der Waals surface area (Å²) < 4.78 is 1.45. The highest BCUT2D eigenvalue weighted by Crippen LogP contribution is 2.10. The number of rotatable bonds is 2. The van der Waals surface area contributed by atoms with E-state index in [1.165, 1.54) is 29.0 Å². The van der Waals surface area contributed by atoms with Crippen molar-refractivity contribution in [3.8, 4) is 0 Å². The SMILES string of the molecule is O=Cc1cnn2ccc(C(=O)O)cc12. The second kappa shape index (κ2) is 2.95. The first-order chi connectivity index (χ1) is 6.72. The van der Waals surface area contributed by atoms with E-state index >= 15 is 0 Å². The van der Waals surface area contributed by atoms with Crippen LogP contribution in [0.3, 0.4) is 0 Å².